The van der Waals surface area contributed by atoms with Gasteiger partial charge in [0.25, 0.3) is 11.1 Å². The fourth-order valence-corrected chi connectivity index (χ4v) is 5.01. The summed E-state index contributed by atoms with van der Waals surface area (Å²) >= 11 is 1.34. The lowest BCUT2D eigenvalue weighted by atomic mass is 10.2. The normalized spacial score (nSPS) is 11.6. The van der Waals surface area contributed by atoms with Gasteiger partial charge in [-0.3, -0.25) is 23.7 Å². The van der Waals surface area contributed by atoms with Crippen molar-refractivity contribution in [2.75, 3.05) is 0 Å². The van der Waals surface area contributed by atoms with Gasteiger partial charge in [-0.1, -0.05) is 37.2 Å². The summed E-state index contributed by atoms with van der Waals surface area (Å²) in [6.45, 7) is 2.75. The summed E-state index contributed by atoms with van der Waals surface area (Å²) in [4.78, 5) is 50.0. The Hall–Kier alpha value is -3.86. The van der Waals surface area contributed by atoms with Crippen molar-refractivity contribution in [2.24, 2.45) is 7.05 Å². The van der Waals surface area contributed by atoms with E-state index in [1.165, 1.54) is 16.3 Å². The number of furan rings is 1. The molecule has 0 atom stereocenters. The summed E-state index contributed by atoms with van der Waals surface area (Å²) in [5, 5.41) is 1.03. The van der Waals surface area contributed by atoms with Gasteiger partial charge in [-0.2, -0.15) is 0 Å². The predicted octanol–water partition coefficient (Wildman–Crippen LogP) is 2.87. The SMILES string of the molecule is CCCCn1c(=O)[nH]c(=O)c2c1nc(CSc1nc3ccccc3c(=O)n1Cc1ccco1)n2C. The molecule has 0 amide bonds. The van der Waals surface area contributed by atoms with Gasteiger partial charge in [-0.25, -0.2) is 14.8 Å². The highest BCUT2D eigenvalue weighted by atomic mass is 32.2. The second kappa shape index (κ2) is 9.41. The minimum absolute atomic E-state index is 0.163. The van der Waals surface area contributed by atoms with Gasteiger partial charge in [0.15, 0.2) is 16.3 Å². The largest absolute Gasteiger partial charge is 0.467 e. The van der Waals surface area contributed by atoms with Crippen molar-refractivity contribution in [1.82, 2.24) is 28.7 Å². The average molecular weight is 493 g/mol. The van der Waals surface area contributed by atoms with Gasteiger partial charge in [0.2, 0.25) is 0 Å². The number of hydrogen-bond acceptors (Lipinski definition) is 7. The third-order valence-corrected chi connectivity index (χ3v) is 6.86. The van der Waals surface area contributed by atoms with E-state index < -0.39 is 11.2 Å². The van der Waals surface area contributed by atoms with Crippen LogP contribution in [0.4, 0.5) is 0 Å². The van der Waals surface area contributed by atoms with E-state index in [0.29, 0.717) is 51.1 Å². The second-order valence-electron chi connectivity index (χ2n) is 8.19. The number of rotatable bonds is 8. The van der Waals surface area contributed by atoms with Crippen LogP contribution in [0, 0.1) is 0 Å². The number of imidazole rings is 1. The van der Waals surface area contributed by atoms with Crippen molar-refractivity contribution in [3.05, 3.63) is 85.4 Å². The van der Waals surface area contributed by atoms with Crippen molar-refractivity contribution in [1.29, 1.82) is 0 Å². The molecule has 0 aliphatic rings. The highest BCUT2D eigenvalue weighted by Gasteiger charge is 2.18. The number of H-pyrrole nitrogens is 1. The summed E-state index contributed by atoms with van der Waals surface area (Å²) in [6, 6.07) is 10.8. The fraction of sp³-hybridized carbons (Fsp3) is 0.292. The molecule has 4 aromatic heterocycles. The van der Waals surface area contributed by atoms with E-state index >= 15 is 0 Å². The molecule has 0 radical (unpaired) electrons. The monoisotopic (exact) mass is 492 g/mol. The number of nitrogens with one attached hydrogen (secondary N) is 1. The number of aromatic nitrogens is 6. The molecule has 5 aromatic rings. The number of fused-ring (bicyclic) bond motifs is 2. The van der Waals surface area contributed by atoms with Crippen molar-refractivity contribution in [3.63, 3.8) is 0 Å². The van der Waals surface area contributed by atoms with Crippen LogP contribution in [0.5, 0.6) is 0 Å². The molecule has 180 valence electrons. The number of benzene rings is 1. The van der Waals surface area contributed by atoms with Crippen molar-refractivity contribution in [2.45, 2.75) is 43.8 Å². The van der Waals surface area contributed by atoms with Gasteiger partial charge in [-0.05, 0) is 30.7 Å². The number of hydrogen-bond donors (Lipinski definition) is 1. The summed E-state index contributed by atoms with van der Waals surface area (Å²) in [6.07, 6.45) is 3.27. The Morgan fingerprint density at radius 1 is 1.06 bits per heavy atom. The topological polar surface area (TPSA) is 121 Å². The van der Waals surface area contributed by atoms with Crippen molar-refractivity contribution in [3.8, 4) is 0 Å². The van der Waals surface area contributed by atoms with Gasteiger partial charge in [0.1, 0.15) is 11.6 Å². The molecule has 35 heavy (non-hydrogen) atoms. The van der Waals surface area contributed by atoms with Gasteiger partial charge in [0, 0.05) is 13.6 Å². The number of thioether (sulfide) groups is 1. The maximum atomic E-state index is 13.3. The van der Waals surface area contributed by atoms with Crippen LogP contribution in [-0.4, -0.2) is 28.7 Å². The van der Waals surface area contributed by atoms with Crippen LogP contribution < -0.4 is 16.8 Å². The number of unbranched alkanes of at least 4 members (excludes halogenated alkanes) is 1. The van der Waals surface area contributed by atoms with Crippen LogP contribution in [0.3, 0.4) is 0 Å². The third-order valence-electron chi connectivity index (χ3n) is 5.89. The van der Waals surface area contributed by atoms with E-state index in [4.69, 9.17) is 9.40 Å². The predicted molar refractivity (Wildman–Crippen MR) is 134 cm³/mol. The Morgan fingerprint density at radius 2 is 1.89 bits per heavy atom. The minimum atomic E-state index is -0.470. The molecule has 0 aliphatic heterocycles. The number of nitrogens with zero attached hydrogens (tertiary/aromatic N) is 5. The molecule has 0 bridgehead atoms. The molecule has 0 fully saturated rings. The fourth-order valence-electron chi connectivity index (χ4n) is 4.03. The van der Waals surface area contributed by atoms with E-state index in [1.54, 1.807) is 40.6 Å². The summed E-state index contributed by atoms with van der Waals surface area (Å²) in [7, 11) is 1.75. The van der Waals surface area contributed by atoms with Crippen LogP contribution >= 0.6 is 11.8 Å². The van der Waals surface area contributed by atoms with E-state index in [-0.39, 0.29) is 12.1 Å². The minimum Gasteiger partial charge on any atom is -0.467 e. The number of para-hydroxylation sites is 1. The Morgan fingerprint density at radius 3 is 2.66 bits per heavy atom. The first-order valence-corrected chi connectivity index (χ1v) is 12.3. The van der Waals surface area contributed by atoms with Gasteiger partial charge >= 0.3 is 5.69 Å². The molecule has 4 heterocycles. The number of aryl methyl sites for hydroxylation is 2. The molecule has 5 rings (SSSR count). The summed E-state index contributed by atoms with van der Waals surface area (Å²) in [5.41, 5.74) is 0.217. The standard InChI is InChI=1S/C24H24N6O4S/c1-3-4-11-29-20-19(21(31)27-23(29)33)28(2)18(26-20)14-35-24-25-17-10-6-5-9-16(17)22(32)30(24)13-15-8-7-12-34-15/h5-10,12H,3-4,11,13-14H2,1-2H3,(H,27,31,33). The van der Waals surface area contributed by atoms with Crippen molar-refractivity contribution < 1.29 is 4.42 Å². The zero-order valence-electron chi connectivity index (χ0n) is 19.4. The van der Waals surface area contributed by atoms with Crippen molar-refractivity contribution >= 4 is 33.8 Å². The maximum absolute atomic E-state index is 13.3. The highest BCUT2D eigenvalue weighted by Crippen LogP contribution is 2.24. The Balaban J connectivity index is 1.56. The average Bonchev–Trinajstić information content (AvgIpc) is 3.47. The molecular formula is C24H24N6O4S. The number of aromatic amines is 1. The molecule has 1 aromatic carbocycles. The quantitative estimate of drug-likeness (QED) is 0.261. The molecule has 11 heteroatoms. The molecule has 0 spiro atoms. The summed E-state index contributed by atoms with van der Waals surface area (Å²) < 4.78 is 10.3. The van der Waals surface area contributed by atoms with E-state index in [0.717, 1.165) is 12.8 Å². The lowest BCUT2D eigenvalue weighted by Gasteiger charge is -2.12. The van der Waals surface area contributed by atoms with Gasteiger partial charge in [-0.15, -0.1) is 0 Å². The molecular weight excluding hydrogens is 468 g/mol. The Kier molecular flexibility index (Phi) is 6.16. The summed E-state index contributed by atoms with van der Waals surface area (Å²) in [5.74, 6) is 1.58. The van der Waals surface area contributed by atoms with Crippen LogP contribution in [-0.2, 0) is 25.9 Å². The van der Waals surface area contributed by atoms with E-state index in [9.17, 15) is 14.4 Å². The van der Waals surface area contributed by atoms with Crippen LogP contribution in [0.25, 0.3) is 22.1 Å². The first kappa shape index (κ1) is 22.9. The van der Waals surface area contributed by atoms with Gasteiger partial charge < -0.3 is 8.98 Å². The van der Waals surface area contributed by atoms with E-state index in [2.05, 4.69) is 9.97 Å². The highest BCUT2D eigenvalue weighted by molar-refractivity contribution is 7.98. The molecule has 0 saturated carbocycles. The zero-order valence-corrected chi connectivity index (χ0v) is 20.2. The lowest BCUT2D eigenvalue weighted by molar-refractivity contribution is 0.476. The first-order chi connectivity index (χ1) is 17.0. The molecule has 10 nitrogen and oxygen atoms in total. The maximum Gasteiger partial charge on any atom is 0.330 e. The second-order valence-corrected chi connectivity index (χ2v) is 9.14. The van der Waals surface area contributed by atoms with Crippen LogP contribution in [0.1, 0.15) is 31.4 Å². The van der Waals surface area contributed by atoms with Crippen LogP contribution in [0.15, 0.2) is 66.6 Å². The smallest absolute Gasteiger partial charge is 0.330 e. The zero-order chi connectivity index (χ0) is 24.5. The molecule has 0 unspecified atom stereocenters. The molecule has 0 saturated heterocycles. The molecule has 1 N–H and O–H groups in total. The third kappa shape index (κ3) is 4.23. The van der Waals surface area contributed by atoms with E-state index in [1.807, 2.05) is 25.1 Å². The lowest BCUT2D eigenvalue weighted by Crippen LogP contribution is -2.31. The Bertz CT molecular complexity index is 1690. The Labute approximate surface area is 203 Å². The van der Waals surface area contributed by atoms with Gasteiger partial charge in [0.05, 0.1) is 29.5 Å². The first-order valence-electron chi connectivity index (χ1n) is 11.3. The van der Waals surface area contributed by atoms with Crippen LogP contribution in [0.2, 0.25) is 0 Å². The molecule has 0 aliphatic carbocycles.